The van der Waals surface area contributed by atoms with Crippen LogP contribution < -0.4 is 10.0 Å². The molecule has 1 rings (SSSR count). The van der Waals surface area contributed by atoms with Crippen LogP contribution in [0.1, 0.15) is 23.1 Å². The van der Waals surface area contributed by atoms with Crippen LogP contribution in [-0.2, 0) is 16.6 Å². The summed E-state index contributed by atoms with van der Waals surface area (Å²) in [5.74, 6) is 0.785. The highest BCUT2D eigenvalue weighted by molar-refractivity contribution is 7.98. The first kappa shape index (κ1) is 17.0. The Morgan fingerprint density at radius 2 is 2.11 bits per heavy atom. The van der Waals surface area contributed by atoms with E-state index < -0.39 is 10.0 Å². The van der Waals surface area contributed by atoms with E-state index in [4.69, 9.17) is 0 Å². The van der Waals surface area contributed by atoms with Crippen molar-refractivity contribution < 1.29 is 8.42 Å². The Morgan fingerprint density at radius 3 is 2.74 bits per heavy atom. The molecule has 7 heteroatoms. The third-order valence-corrected chi connectivity index (χ3v) is 5.92. The highest BCUT2D eigenvalue weighted by Gasteiger charge is 2.19. The predicted octanol–water partition coefficient (Wildman–Crippen LogP) is 2.20. The summed E-state index contributed by atoms with van der Waals surface area (Å²) in [5.41, 5.74) is 0. The van der Waals surface area contributed by atoms with E-state index in [0.29, 0.717) is 11.4 Å². The summed E-state index contributed by atoms with van der Waals surface area (Å²) in [7, 11) is -3.35. The predicted molar refractivity (Wildman–Crippen MR) is 84.6 cm³/mol. The van der Waals surface area contributed by atoms with Gasteiger partial charge in [0.1, 0.15) is 0 Å². The number of sulfonamides is 1. The van der Waals surface area contributed by atoms with Gasteiger partial charge in [0.25, 0.3) is 0 Å². The molecule has 0 saturated heterocycles. The van der Waals surface area contributed by atoms with Gasteiger partial charge < -0.3 is 5.32 Å². The van der Waals surface area contributed by atoms with Gasteiger partial charge >= 0.3 is 0 Å². The molecule has 0 bridgehead atoms. The first-order chi connectivity index (χ1) is 9.01. The smallest absolute Gasteiger partial charge is 0.241 e. The molecule has 110 valence electrons. The molecule has 0 saturated carbocycles. The second kappa shape index (κ2) is 8.26. The van der Waals surface area contributed by atoms with Crippen LogP contribution in [0.4, 0.5) is 0 Å². The Balaban J connectivity index is 2.71. The maximum absolute atomic E-state index is 12.1. The van der Waals surface area contributed by atoms with E-state index in [-0.39, 0.29) is 0 Å². The summed E-state index contributed by atoms with van der Waals surface area (Å²) < 4.78 is 26.9. The van der Waals surface area contributed by atoms with Crippen molar-refractivity contribution in [2.24, 2.45) is 0 Å². The minimum absolute atomic E-state index is 0.423. The van der Waals surface area contributed by atoms with Gasteiger partial charge in [0.2, 0.25) is 10.0 Å². The SMILES string of the molecule is CCCNCc1cc(S(=O)(=O)NCCSC)c(C)s1. The van der Waals surface area contributed by atoms with E-state index in [2.05, 4.69) is 17.0 Å². The standard InChI is InChI=1S/C12H22N2O2S3/c1-4-5-13-9-11-8-12(10(2)18-11)19(15,16)14-6-7-17-3/h8,13-14H,4-7,9H2,1-3H3. The molecule has 1 aromatic rings. The fourth-order valence-electron chi connectivity index (χ4n) is 1.62. The highest BCUT2D eigenvalue weighted by Crippen LogP contribution is 2.25. The molecule has 0 atom stereocenters. The molecule has 0 fully saturated rings. The molecule has 1 heterocycles. The molecule has 0 spiro atoms. The largest absolute Gasteiger partial charge is 0.312 e. The van der Waals surface area contributed by atoms with Crippen LogP contribution in [0.15, 0.2) is 11.0 Å². The van der Waals surface area contributed by atoms with E-state index in [0.717, 1.165) is 35.0 Å². The van der Waals surface area contributed by atoms with Crippen LogP contribution in [-0.4, -0.2) is 33.5 Å². The Kier molecular flexibility index (Phi) is 7.38. The minimum atomic E-state index is -3.35. The molecule has 0 unspecified atom stereocenters. The number of aryl methyl sites for hydroxylation is 1. The lowest BCUT2D eigenvalue weighted by Crippen LogP contribution is -2.26. The summed E-state index contributed by atoms with van der Waals surface area (Å²) >= 11 is 3.17. The van der Waals surface area contributed by atoms with Crippen molar-refractivity contribution in [2.75, 3.05) is 25.1 Å². The van der Waals surface area contributed by atoms with E-state index in [9.17, 15) is 8.42 Å². The first-order valence-electron chi connectivity index (χ1n) is 6.30. The molecule has 0 aliphatic heterocycles. The van der Waals surface area contributed by atoms with Crippen molar-refractivity contribution in [3.63, 3.8) is 0 Å². The van der Waals surface area contributed by atoms with Gasteiger partial charge in [0, 0.05) is 28.6 Å². The number of nitrogens with one attached hydrogen (secondary N) is 2. The highest BCUT2D eigenvalue weighted by atomic mass is 32.2. The first-order valence-corrected chi connectivity index (χ1v) is 9.99. The minimum Gasteiger partial charge on any atom is -0.312 e. The molecule has 0 radical (unpaired) electrons. The Bertz CT molecular complexity index is 483. The van der Waals surface area contributed by atoms with Gasteiger partial charge in [-0.05, 0) is 32.2 Å². The maximum atomic E-state index is 12.1. The van der Waals surface area contributed by atoms with Gasteiger partial charge in [-0.1, -0.05) is 6.92 Å². The van der Waals surface area contributed by atoms with Crippen LogP contribution in [0, 0.1) is 6.92 Å². The third kappa shape index (κ3) is 5.43. The van der Waals surface area contributed by atoms with Crippen molar-refractivity contribution >= 4 is 33.1 Å². The van der Waals surface area contributed by atoms with Gasteiger partial charge in [-0.2, -0.15) is 11.8 Å². The van der Waals surface area contributed by atoms with Gasteiger partial charge in [0.15, 0.2) is 0 Å². The van der Waals surface area contributed by atoms with Crippen LogP contribution in [0.2, 0.25) is 0 Å². The van der Waals surface area contributed by atoms with E-state index in [1.54, 1.807) is 29.2 Å². The van der Waals surface area contributed by atoms with Crippen LogP contribution in [0.3, 0.4) is 0 Å². The second-order valence-corrected chi connectivity index (χ2v) is 8.26. The lowest BCUT2D eigenvalue weighted by Gasteiger charge is -2.04. The molecule has 0 aliphatic carbocycles. The van der Waals surface area contributed by atoms with Crippen LogP contribution in [0.5, 0.6) is 0 Å². The molecule has 4 nitrogen and oxygen atoms in total. The Hall–Kier alpha value is -0.0800. The average molecular weight is 323 g/mol. The summed E-state index contributed by atoms with van der Waals surface area (Å²) in [4.78, 5) is 2.34. The van der Waals surface area contributed by atoms with Gasteiger partial charge in [0.05, 0.1) is 4.90 Å². The summed E-state index contributed by atoms with van der Waals surface area (Å²) in [6.07, 6.45) is 3.04. The van der Waals surface area contributed by atoms with Gasteiger partial charge in [-0.3, -0.25) is 0 Å². The van der Waals surface area contributed by atoms with Gasteiger partial charge in [-0.25, -0.2) is 13.1 Å². The van der Waals surface area contributed by atoms with E-state index >= 15 is 0 Å². The third-order valence-electron chi connectivity index (χ3n) is 2.54. The monoisotopic (exact) mass is 322 g/mol. The average Bonchev–Trinajstić information content (AvgIpc) is 2.72. The van der Waals surface area contributed by atoms with Crippen LogP contribution in [0.25, 0.3) is 0 Å². The quantitative estimate of drug-likeness (QED) is 0.684. The van der Waals surface area contributed by atoms with Crippen molar-refractivity contribution in [3.05, 3.63) is 15.8 Å². The zero-order valence-corrected chi connectivity index (χ0v) is 14.1. The summed E-state index contributed by atoms with van der Waals surface area (Å²) in [6, 6.07) is 1.78. The lowest BCUT2D eigenvalue weighted by atomic mass is 10.4. The fraction of sp³-hybridized carbons (Fsp3) is 0.667. The van der Waals surface area contributed by atoms with Crippen molar-refractivity contribution in [3.8, 4) is 0 Å². The van der Waals surface area contributed by atoms with Crippen molar-refractivity contribution in [1.29, 1.82) is 0 Å². The molecule has 19 heavy (non-hydrogen) atoms. The van der Waals surface area contributed by atoms with E-state index in [1.807, 2.05) is 13.2 Å². The topological polar surface area (TPSA) is 58.2 Å². The lowest BCUT2D eigenvalue weighted by molar-refractivity contribution is 0.584. The molecular weight excluding hydrogens is 300 g/mol. The van der Waals surface area contributed by atoms with Gasteiger partial charge in [-0.15, -0.1) is 11.3 Å². The summed E-state index contributed by atoms with van der Waals surface area (Å²) in [6.45, 7) is 6.13. The molecule has 0 amide bonds. The number of hydrogen-bond acceptors (Lipinski definition) is 5. The summed E-state index contributed by atoms with van der Waals surface area (Å²) in [5, 5.41) is 3.29. The zero-order valence-electron chi connectivity index (χ0n) is 11.7. The number of hydrogen-bond donors (Lipinski definition) is 2. The van der Waals surface area contributed by atoms with E-state index in [1.165, 1.54) is 0 Å². The molecule has 0 aromatic carbocycles. The molecule has 1 aromatic heterocycles. The molecule has 2 N–H and O–H groups in total. The Labute approximate surface area is 124 Å². The molecule has 0 aliphatic rings. The zero-order chi connectivity index (χ0) is 14.3. The maximum Gasteiger partial charge on any atom is 0.241 e. The van der Waals surface area contributed by atoms with Crippen LogP contribution >= 0.6 is 23.1 Å². The number of rotatable bonds is 9. The van der Waals surface area contributed by atoms with Crippen molar-refractivity contribution in [2.45, 2.75) is 31.7 Å². The number of thioether (sulfide) groups is 1. The fourth-order valence-corrected chi connectivity index (χ4v) is 4.69. The molecular formula is C12H22N2O2S3. The van der Waals surface area contributed by atoms with Crippen molar-refractivity contribution in [1.82, 2.24) is 10.0 Å². The second-order valence-electron chi connectivity index (χ2n) is 4.20. The normalized spacial score (nSPS) is 11.9. The Morgan fingerprint density at radius 1 is 1.37 bits per heavy atom. The number of thiophene rings is 1.